The summed E-state index contributed by atoms with van der Waals surface area (Å²) >= 11 is 0. The van der Waals surface area contributed by atoms with Crippen molar-refractivity contribution in [1.82, 2.24) is 20.0 Å². The lowest BCUT2D eigenvalue weighted by atomic mass is 10.2. The zero-order chi connectivity index (χ0) is 12.5. The van der Waals surface area contributed by atoms with Gasteiger partial charge in [-0.1, -0.05) is 18.2 Å². The van der Waals surface area contributed by atoms with Crippen LogP contribution in [0.15, 0.2) is 24.3 Å². The van der Waals surface area contributed by atoms with Crippen LogP contribution in [0.3, 0.4) is 0 Å². The van der Waals surface area contributed by atoms with Crippen LogP contribution in [0.5, 0.6) is 0 Å². The van der Waals surface area contributed by atoms with Crippen LogP contribution in [-0.4, -0.2) is 40.9 Å². The molecule has 18 heavy (non-hydrogen) atoms. The van der Waals surface area contributed by atoms with Gasteiger partial charge in [0, 0.05) is 38.1 Å². The SMILES string of the molecule is CNC1CCN(Cc2nn(C)c3ccccc23)C1. The minimum Gasteiger partial charge on any atom is -0.316 e. The summed E-state index contributed by atoms with van der Waals surface area (Å²) in [5, 5.41) is 9.30. The average molecular weight is 244 g/mol. The maximum Gasteiger partial charge on any atom is 0.0843 e. The summed E-state index contributed by atoms with van der Waals surface area (Å²) in [5.41, 5.74) is 2.42. The fraction of sp³-hybridized carbons (Fsp3) is 0.500. The highest BCUT2D eigenvalue weighted by molar-refractivity contribution is 5.81. The van der Waals surface area contributed by atoms with Gasteiger partial charge in [0.05, 0.1) is 11.2 Å². The van der Waals surface area contributed by atoms with Gasteiger partial charge in [-0.25, -0.2) is 0 Å². The molecule has 96 valence electrons. The Bertz CT molecular complexity index is 546. The van der Waals surface area contributed by atoms with Crippen LogP contribution in [0.4, 0.5) is 0 Å². The Morgan fingerprint density at radius 2 is 2.22 bits per heavy atom. The number of likely N-dealkylation sites (N-methyl/N-ethyl adjacent to an activating group) is 1. The molecule has 0 amide bonds. The van der Waals surface area contributed by atoms with E-state index >= 15 is 0 Å². The van der Waals surface area contributed by atoms with Gasteiger partial charge in [-0.15, -0.1) is 0 Å². The third kappa shape index (κ3) is 2.02. The molecular formula is C14H20N4. The number of fused-ring (bicyclic) bond motifs is 1. The molecule has 0 spiro atoms. The molecule has 1 saturated heterocycles. The van der Waals surface area contributed by atoms with Gasteiger partial charge in [0.15, 0.2) is 0 Å². The second-order valence-corrected chi connectivity index (χ2v) is 5.10. The van der Waals surface area contributed by atoms with Gasteiger partial charge in [-0.3, -0.25) is 9.58 Å². The van der Waals surface area contributed by atoms with Gasteiger partial charge in [0.25, 0.3) is 0 Å². The van der Waals surface area contributed by atoms with Gasteiger partial charge < -0.3 is 5.32 Å². The number of nitrogens with zero attached hydrogens (tertiary/aromatic N) is 3. The van der Waals surface area contributed by atoms with Crippen LogP contribution < -0.4 is 5.32 Å². The maximum atomic E-state index is 4.66. The zero-order valence-corrected chi connectivity index (χ0v) is 11.1. The van der Waals surface area contributed by atoms with E-state index in [1.54, 1.807) is 0 Å². The van der Waals surface area contributed by atoms with Crippen molar-refractivity contribution < 1.29 is 0 Å². The molecule has 0 aliphatic carbocycles. The Kier molecular flexibility index (Phi) is 3.06. The topological polar surface area (TPSA) is 33.1 Å². The predicted octanol–water partition coefficient (Wildman–Crippen LogP) is 1.37. The molecule has 1 aliphatic heterocycles. The number of para-hydroxylation sites is 1. The Labute approximate surface area is 108 Å². The van der Waals surface area contributed by atoms with E-state index < -0.39 is 0 Å². The summed E-state index contributed by atoms with van der Waals surface area (Å²) in [7, 11) is 4.07. The van der Waals surface area contributed by atoms with E-state index in [2.05, 4.69) is 39.6 Å². The number of benzene rings is 1. The lowest BCUT2D eigenvalue weighted by molar-refractivity contribution is 0.318. The van der Waals surface area contributed by atoms with Crippen LogP contribution in [0.1, 0.15) is 12.1 Å². The Hall–Kier alpha value is -1.39. The first-order chi connectivity index (χ1) is 8.78. The smallest absolute Gasteiger partial charge is 0.0843 e. The molecule has 4 nitrogen and oxygen atoms in total. The van der Waals surface area contributed by atoms with Crippen molar-refractivity contribution in [3.8, 4) is 0 Å². The number of likely N-dealkylation sites (tertiary alicyclic amines) is 1. The number of aromatic nitrogens is 2. The van der Waals surface area contributed by atoms with E-state index in [-0.39, 0.29) is 0 Å². The van der Waals surface area contributed by atoms with Crippen molar-refractivity contribution in [1.29, 1.82) is 0 Å². The molecule has 2 heterocycles. The quantitative estimate of drug-likeness (QED) is 0.885. The molecule has 0 bridgehead atoms. The standard InChI is InChI=1S/C14H20N4/c1-15-11-7-8-18(9-11)10-13-12-5-3-4-6-14(12)17(2)16-13/h3-6,11,15H,7-10H2,1-2H3. The number of nitrogens with one attached hydrogen (secondary N) is 1. The minimum atomic E-state index is 0.639. The summed E-state index contributed by atoms with van der Waals surface area (Å²) < 4.78 is 1.98. The summed E-state index contributed by atoms with van der Waals surface area (Å²) in [6.07, 6.45) is 1.24. The summed E-state index contributed by atoms with van der Waals surface area (Å²) in [6.45, 7) is 3.25. The molecule has 1 atom stereocenters. The second-order valence-electron chi connectivity index (χ2n) is 5.10. The molecule has 1 unspecified atom stereocenters. The van der Waals surface area contributed by atoms with Gasteiger partial charge in [-0.2, -0.15) is 5.10 Å². The number of hydrogen-bond donors (Lipinski definition) is 1. The normalized spacial score (nSPS) is 20.9. The lowest BCUT2D eigenvalue weighted by Gasteiger charge is -2.14. The highest BCUT2D eigenvalue weighted by Crippen LogP contribution is 2.20. The fourth-order valence-corrected chi connectivity index (χ4v) is 2.83. The van der Waals surface area contributed by atoms with Gasteiger partial charge in [0.2, 0.25) is 0 Å². The number of aryl methyl sites for hydroxylation is 1. The van der Waals surface area contributed by atoms with Crippen molar-refractivity contribution in [3.63, 3.8) is 0 Å². The first kappa shape index (κ1) is 11.7. The van der Waals surface area contributed by atoms with Crippen LogP contribution in [-0.2, 0) is 13.6 Å². The Morgan fingerprint density at radius 3 is 3.00 bits per heavy atom. The average Bonchev–Trinajstić information content (AvgIpc) is 2.97. The number of rotatable bonds is 3. The van der Waals surface area contributed by atoms with E-state index in [4.69, 9.17) is 0 Å². The van der Waals surface area contributed by atoms with Crippen molar-refractivity contribution in [2.45, 2.75) is 19.0 Å². The van der Waals surface area contributed by atoms with Gasteiger partial charge in [-0.05, 0) is 19.5 Å². The predicted molar refractivity (Wildman–Crippen MR) is 73.5 cm³/mol. The third-order valence-electron chi connectivity index (χ3n) is 3.89. The van der Waals surface area contributed by atoms with Crippen LogP contribution >= 0.6 is 0 Å². The highest BCUT2D eigenvalue weighted by atomic mass is 15.3. The Morgan fingerprint density at radius 1 is 1.39 bits per heavy atom. The molecule has 0 saturated carbocycles. The molecule has 0 radical (unpaired) electrons. The number of hydrogen-bond acceptors (Lipinski definition) is 3. The van der Waals surface area contributed by atoms with E-state index in [0.29, 0.717) is 6.04 Å². The largest absolute Gasteiger partial charge is 0.316 e. The summed E-state index contributed by atoms with van der Waals surface area (Å²) in [6, 6.07) is 9.10. The molecule has 1 fully saturated rings. The zero-order valence-electron chi connectivity index (χ0n) is 11.1. The first-order valence-corrected chi connectivity index (χ1v) is 6.58. The second kappa shape index (κ2) is 4.71. The monoisotopic (exact) mass is 244 g/mol. The van der Waals surface area contributed by atoms with Crippen LogP contribution in [0.2, 0.25) is 0 Å². The molecule has 4 heteroatoms. The molecule has 1 N–H and O–H groups in total. The van der Waals surface area contributed by atoms with Crippen molar-refractivity contribution in [2.24, 2.45) is 7.05 Å². The lowest BCUT2D eigenvalue weighted by Crippen LogP contribution is -2.29. The fourth-order valence-electron chi connectivity index (χ4n) is 2.83. The molecule has 1 aromatic carbocycles. The Balaban J connectivity index is 1.83. The first-order valence-electron chi connectivity index (χ1n) is 6.58. The molecule has 1 aliphatic rings. The van der Waals surface area contributed by atoms with Crippen LogP contribution in [0, 0.1) is 0 Å². The van der Waals surface area contributed by atoms with Gasteiger partial charge >= 0.3 is 0 Å². The summed E-state index contributed by atoms with van der Waals surface area (Å²) in [4.78, 5) is 2.48. The summed E-state index contributed by atoms with van der Waals surface area (Å²) in [5.74, 6) is 0. The van der Waals surface area contributed by atoms with Crippen LogP contribution in [0.25, 0.3) is 10.9 Å². The maximum absolute atomic E-state index is 4.66. The highest BCUT2D eigenvalue weighted by Gasteiger charge is 2.22. The van der Waals surface area contributed by atoms with E-state index in [1.807, 2.05) is 18.8 Å². The third-order valence-corrected chi connectivity index (χ3v) is 3.89. The molecule has 1 aromatic heterocycles. The minimum absolute atomic E-state index is 0.639. The van der Waals surface area contributed by atoms with Gasteiger partial charge in [0.1, 0.15) is 0 Å². The molecule has 3 rings (SSSR count). The molecule has 2 aromatic rings. The molecular weight excluding hydrogens is 224 g/mol. The van der Waals surface area contributed by atoms with Crippen molar-refractivity contribution in [3.05, 3.63) is 30.0 Å². The van der Waals surface area contributed by atoms with E-state index in [0.717, 1.165) is 19.6 Å². The van der Waals surface area contributed by atoms with E-state index in [9.17, 15) is 0 Å². The van der Waals surface area contributed by atoms with Crippen molar-refractivity contribution in [2.75, 3.05) is 20.1 Å². The van der Waals surface area contributed by atoms with E-state index in [1.165, 1.54) is 23.0 Å². The van der Waals surface area contributed by atoms with Crippen molar-refractivity contribution >= 4 is 10.9 Å².